The molecular formula is C16H16N2O2. The van der Waals surface area contributed by atoms with Crippen molar-refractivity contribution in [3.05, 3.63) is 69.1 Å². The van der Waals surface area contributed by atoms with Crippen LogP contribution in [-0.4, -0.2) is 22.3 Å². The largest absolute Gasteiger partial charge is 0.334 e. The van der Waals surface area contributed by atoms with Crippen LogP contribution in [-0.2, 0) is 13.0 Å². The third-order valence-corrected chi connectivity index (χ3v) is 3.70. The first-order valence-electron chi connectivity index (χ1n) is 6.71. The Morgan fingerprint density at radius 2 is 1.90 bits per heavy atom. The summed E-state index contributed by atoms with van der Waals surface area (Å²) in [6.45, 7) is 3.03. The van der Waals surface area contributed by atoms with Gasteiger partial charge >= 0.3 is 0 Å². The van der Waals surface area contributed by atoms with Gasteiger partial charge in [-0.3, -0.25) is 9.59 Å². The van der Waals surface area contributed by atoms with E-state index in [2.05, 4.69) is 11.1 Å². The van der Waals surface area contributed by atoms with Crippen LogP contribution in [0.1, 0.15) is 27.2 Å². The van der Waals surface area contributed by atoms with Gasteiger partial charge in [0, 0.05) is 18.8 Å². The van der Waals surface area contributed by atoms with E-state index in [-0.39, 0.29) is 17.0 Å². The second-order valence-corrected chi connectivity index (χ2v) is 5.13. The molecule has 3 rings (SSSR count). The van der Waals surface area contributed by atoms with Crippen molar-refractivity contribution in [2.24, 2.45) is 0 Å². The maximum Gasteiger partial charge on any atom is 0.260 e. The molecule has 2 aromatic rings. The number of aromatic amines is 1. The molecule has 2 heterocycles. The molecule has 0 spiro atoms. The number of rotatable bonds is 1. The van der Waals surface area contributed by atoms with Crippen LogP contribution in [0.4, 0.5) is 0 Å². The van der Waals surface area contributed by atoms with Crippen LogP contribution in [0.25, 0.3) is 0 Å². The van der Waals surface area contributed by atoms with Gasteiger partial charge in [-0.2, -0.15) is 0 Å². The van der Waals surface area contributed by atoms with Crippen molar-refractivity contribution in [2.75, 3.05) is 6.54 Å². The van der Waals surface area contributed by atoms with Crippen LogP contribution in [0, 0.1) is 6.92 Å². The Balaban J connectivity index is 1.88. The standard InChI is InChI=1S/C16H16N2O2/c1-11-6-7-14(15(19)17-11)16(20)18-9-8-12-4-2-3-5-13(12)10-18/h2-7H,8-10H2,1H3,(H,17,19). The summed E-state index contributed by atoms with van der Waals surface area (Å²) in [5.74, 6) is -0.194. The molecule has 0 atom stereocenters. The molecule has 20 heavy (non-hydrogen) atoms. The molecule has 1 aliphatic rings. The van der Waals surface area contributed by atoms with Crippen LogP contribution < -0.4 is 5.56 Å². The average Bonchev–Trinajstić information content (AvgIpc) is 2.46. The minimum atomic E-state index is -0.311. The summed E-state index contributed by atoms with van der Waals surface area (Å²) in [6.07, 6.45) is 0.839. The van der Waals surface area contributed by atoms with Crippen LogP contribution in [0.3, 0.4) is 0 Å². The molecule has 0 saturated heterocycles. The number of hydrogen-bond acceptors (Lipinski definition) is 2. The molecule has 1 aromatic heterocycles. The summed E-state index contributed by atoms with van der Waals surface area (Å²) in [6, 6.07) is 11.5. The highest BCUT2D eigenvalue weighted by molar-refractivity contribution is 5.94. The van der Waals surface area contributed by atoms with Gasteiger partial charge in [0.15, 0.2) is 0 Å². The number of hydrogen-bond donors (Lipinski definition) is 1. The number of carbonyl (C=O) groups is 1. The van der Waals surface area contributed by atoms with Gasteiger partial charge in [0.25, 0.3) is 11.5 Å². The molecule has 0 unspecified atom stereocenters. The molecule has 4 nitrogen and oxygen atoms in total. The molecule has 0 saturated carbocycles. The van der Waals surface area contributed by atoms with Crippen molar-refractivity contribution in [3.8, 4) is 0 Å². The average molecular weight is 268 g/mol. The summed E-state index contributed by atoms with van der Waals surface area (Å²) in [7, 11) is 0. The topological polar surface area (TPSA) is 53.2 Å². The molecule has 0 radical (unpaired) electrons. The molecule has 4 heteroatoms. The fourth-order valence-electron chi connectivity index (χ4n) is 2.58. The number of aromatic nitrogens is 1. The van der Waals surface area contributed by atoms with Crippen molar-refractivity contribution in [1.29, 1.82) is 0 Å². The van der Waals surface area contributed by atoms with Gasteiger partial charge in [0.1, 0.15) is 5.56 Å². The maximum absolute atomic E-state index is 12.4. The zero-order valence-electron chi connectivity index (χ0n) is 11.3. The van der Waals surface area contributed by atoms with E-state index in [0.717, 1.165) is 17.7 Å². The van der Waals surface area contributed by atoms with Crippen LogP contribution >= 0.6 is 0 Å². The fourth-order valence-corrected chi connectivity index (χ4v) is 2.58. The Morgan fingerprint density at radius 3 is 2.65 bits per heavy atom. The van der Waals surface area contributed by atoms with Gasteiger partial charge in [0.2, 0.25) is 0 Å². The molecular weight excluding hydrogens is 252 g/mol. The lowest BCUT2D eigenvalue weighted by Crippen LogP contribution is -2.38. The van der Waals surface area contributed by atoms with E-state index >= 15 is 0 Å². The smallest absolute Gasteiger partial charge is 0.260 e. The second kappa shape index (κ2) is 4.96. The predicted molar refractivity (Wildman–Crippen MR) is 76.7 cm³/mol. The van der Waals surface area contributed by atoms with E-state index in [0.29, 0.717) is 13.1 Å². The number of amides is 1. The third kappa shape index (κ3) is 2.25. The first-order valence-corrected chi connectivity index (χ1v) is 6.71. The number of carbonyl (C=O) groups excluding carboxylic acids is 1. The lowest BCUT2D eigenvalue weighted by molar-refractivity contribution is 0.0733. The highest BCUT2D eigenvalue weighted by Crippen LogP contribution is 2.19. The Morgan fingerprint density at radius 1 is 1.15 bits per heavy atom. The Hall–Kier alpha value is -2.36. The lowest BCUT2D eigenvalue weighted by Gasteiger charge is -2.28. The minimum Gasteiger partial charge on any atom is -0.334 e. The molecule has 1 N–H and O–H groups in total. The number of H-pyrrole nitrogens is 1. The van der Waals surface area contributed by atoms with E-state index < -0.39 is 0 Å². The normalized spacial score (nSPS) is 13.9. The Labute approximate surface area is 117 Å². The fraction of sp³-hybridized carbons (Fsp3) is 0.250. The maximum atomic E-state index is 12.4. The van der Waals surface area contributed by atoms with Gasteiger partial charge < -0.3 is 9.88 Å². The molecule has 1 aliphatic heterocycles. The number of pyridine rings is 1. The van der Waals surface area contributed by atoms with E-state index in [4.69, 9.17) is 0 Å². The number of benzene rings is 1. The Bertz CT molecular complexity index is 718. The van der Waals surface area contributed by atoms with Gasteiger partial charge in [-0.15, -0.1) is 0 Å². The van der Waals surface area contributed by atoms with Crippen molar-refractivity contribution >= 4 is 5.91 Å². The summed E-state index contributed by atoms with van der Waals surface area (Å²) in [5.41, 5.74) is 3.12. The highest BCUT2D eigenvalue weighted by Gasteiger charge is 2.23. The molecule has 1 aromatic carbocycles. The van der Waals surface area contributed by atoms with Crippen LogP contribution in [0.5, 0.6) is 0 Å². The third-order valence-electron chi connectivity index (χ3n) is 3.70. The number of nitrogens with zero attached hydrogens (tertiary/aromatic N) is 1. The Kier molecular flexibility index (Phi) is 3.14. The molecule has 0 bridgehead atoms. The highest BCUT2D eigenvalue weighted by atomic mass is 16.2. The zero-order valence-corrected chi connectivity index (χ0v) is 11.3. The quantitative estimate of drug-likeness (QED) is 0.858. The number of nitrogens with one attached hydrogen (secondary N) is 1. The molecule has 102 valence electrons. The minimum absolute atomic E-state index is 0.194. The second-order valence-electron chi connectivity index (χ2n) is 5.13. The number of aryl methyl sites for hydroxylation is 1. The summed E-state index contributed by atoms with van der Waals surface area (Å²) >= 11 is 0. The first-order chi connectivity index (χ1) is 9.65. The van der Waals surface area contributed by atoms with Gasteiger partial charge in [-0.1, -0.05) is 24.3 Å². The van der Waals surface area contributed by atoms with E-state index in [9.17, 15) is 9.59 Å². The van der Waals surface area contributed by atoms with Gasteiger partial charge in [-0.05, 0) is 36.6 Å². The molecule has 0 fully saturated rings. The first kappa shape index (κ1) is 12.7. The van der Waals surface area contributed by atoms with Gasteiger partial charge in [0.05, 0.1) is 0 Å². The monoisotopic (exact) mass is 268 g/mol. The SMILES string of the molecule is Cc1ccc(C(=O)N2CCc3ccccc3C2)c(=O)[nH]1. The summed E-state index contributed by atoms with van der Waals surface area (Å²) in [4.78, 5) is 28.7. The van der Waals surface area contributed by atoms with Crippen molar-refractivity contribution < 1.29 is 4.79 Å². The van der Waals surface area contributed by atoms with Gasteiger partial charge in [-0.25, -0.2) is 0 Å². The van der Waals surface area contributed by atoms with Crippen molar-refractivity contribution in [1.82, 2.24) is 9.88 Å². The number of fused-ring (bicyclic) bond motifs is 1. The molecule has 1 amide bonds. The van der Waals surface area contributed by atoms with Crippen molar-refractivity contribution in [2.45, 2.75) is 19.9 Å². The van der Waals surface area contributed by atoms with Crippen molar-refractivity contribution in [3.63, 3.8) is 0 Å². The van der Waals surface area contributed by atoms with E-state index in [1.807, 2.05) is 18.2 Å². The van der Waals surface area contributed by atoms with E-state index in [1.165, 1.54) is 5.56 Å². The summed E-state index contributed by atoms with van der Waals surface area (Å²) < 4.78 is 0. The zero-order chi connectivity index (χ0) is 14.1. The van der Waals surface area contributed by atoms with E-state index in [1.54, 1.807) is 24.0 Å². The summed E-state index contributed by atoms with van der Waals surface area (Å²) in [5, 5.41) is 0. The molecule has 0 aliphatic carbocycles. The lowest BCUT2D eigenvalue weighted by atomic mass is 9.99. The van der Waals surface area contributed by atoms with Crippen LogP contribution in [0.15, 0.2) is 41.2 Å². The van der Waals surface area contributed by atoms with Crippen LogP contribution in [0.2, 0.25) is 0 Å². The predicted octanol–water partition coefficient (Wildman–Crippen LogP) is 1.88.